The molecule has 0 saturated carbocycles. The molecule has 0 amide bonds. The van der Waals surface area contributed by atoms with Crippen LogP contribution in [0.25, 0.3) is 10.8 Å². The second-order valence-electron chi connectivity index (χ2n) is 4.76. The van der Waals surface area contributed by atoms with Crippen molar-refractivity contribution < 1.29 is 0 Å². The van der Waals surface area contributed by atoms with Crippen LogP contribution in [-0.4, -0.2) is 17.0 Å². The van der Waals surface area contributed by atoms with E-state index in [0.29, 0.717) is 11.3 Å². The topological polar surface area (TPSA) is 12.0 Å². The molecule has 0 bridgehead atoms. The molecule has 1 aliphatic heterocycles. The summed E-state index contributed by atoms with van der Waals surface area (Å²) < 4.78 is 1.16. The van der Waals surface area contributed by atoms with Gasteiger partial charge < -0.3 is 5.32 Å². The molecule has 1 nitrogen and oxygen atoms in total. The van der Waals surface area contributed by atoms with E-state index in [1.165, 1.54) is 28.6 Å². The minimum Gasteiger partial charge on any atom is -0.381 e. The molecule has 1 aliphatic rings. The van der Waals surface area contributed by atoms with Gasteiger partial charge in [0.05, 0.1) is 0 Å². The Morgan fingerprint density at radius 3 is 2.67 bits per heavy atom. The van der Waals surface area contributed by atoms with Gasteiger partial charge in [0.25, 0.3) is 0 Å². The SMILES string of the molecule is CC1SCCC1Nc1ccc(Br)c2ccccc12. The first-order valence-corrected chi connectivity index (χ1v) is 8.15. The number of fused-ring (bicyclic) bond motifs is 1. The molecule has 1 saturated heterocycles. The van der Waals surface area contributed by atoms with E-state index in [4.69, 9.17) is 0 Å². The molecule has 2 aromatic carbocycles. The lowest BCUT2D eigenvalue weighted by Gasteiger charge is -2.19. The van der Waals surface area contributed by atoms with Crippen molar-refractivity contribution in [3.8, 4) is 0 Å². The van der Waals surface area contributed by atoms with E-state index in [2.05, 4.69) is 76.3 Å². The van der Waals surface area contributed by atoms with Gasteiger partial charge in [0.15, 0.2) is 0 Å². The Hall–Kier alpha value is -0.670. The maximum absolute atomic E-state index is 3.72. The third kappa shape index (κ3) is 2.26. The molecule has 2 atom stereocenters. The molecular weight excluding hydrogens is 306 g/mol. The van der Waals surface area contributed by atoms with Crippen LogP contribution in [0.1, 0.15) is 13.3 Å². The second kappa shape index (κ2) is 5.14. The molecule has 2 aromatic rings. The fourth-order valence-electron chi connectivity index (χ4n) is 2.51. The van der Waals surface area contributed by atoms with Gasteiger partial charge in [-0.2, -0.15) is 11.8 Å². The maximum Gasteiger partial charge on any atom is 0.0423 e. The number of benzene rings is 2. The number of rotatable bonds is 2. The lowest BCUT2D eigenvalue weighted by molar-refractivity contribution is 0.725. The zero-order chi connectivity index (χ0) is 12.5. The molecule has 0 spiro atoms. The van der Waals surface area contributed by atoms with Gasteiger partial charge in [-0.25, -0.2) is 0 Å². The third-order valence-electron chi connectivity index (χ3n) is 3.59. The fraction of sp³-hybridized carbons (Fsp3) is 0.333. The predicted octanol–water partition coefficient (Wildman–Crippen LogP) is 4.91. The molecule has 94 valence electrons. The van der Waals surface area contributed by atoms with Crippen molar-refractivity contribution in [2.75, 3.05) is 11.1 Å². The summed E-state index contributed by atoms with van der Waals surface area (Å²) in [7, 11) is 0. The smallest absolute Gasteiger partial charge is 0.0423 e. The highest BCUT2D eigenvalue weighted by atomic mass is 79.9. The fourth-order valence-corrected chi connectivity index (χ4v) is 4.19. The van der Waals surface area contributed by atoms with Crippen LogP contribution in [0.4, 0.5) is 5.69 Å². The molecule has 3 heteroatoms. The number of hydrogen-bond donors (Lipinski definition) is 1. The Kier molecular flexibility index (Phi) is 3.53. The zero-order valence-corrected chi connectivity index (χ0v) is 12.7. The van der Waals surface area contributed by atoms with Crippen LogP contribution < -0.4 is 5.32 Å². The molecule has 18 heavy (non-hydrogen) atoms. The van der Waals surface area contributed by atoms with Crippen LogP contribution in [0, 0.1) is 0 Å². The summed E-state index contributed by atoms with van der Waals surface area (Å²) in [6, 6.07) is 13.5. The summed E-state index contributed by atoms with van der Waals surface area (Å²) >= 11 is 5.69. The largest absolute Gasteiger partial charge is 0.381 e. The third-order valence-corrected chi connectivity index (χ3v) is 5.61. The van der Waals surface area contributed by atoms with Gasteiger partial charge in [0.2, 0.25) is 0 Å². The van der Waals surface area contributed by atoms with Gasteiger partial charge in [-0.1, -0.05) is 47.1 Å². The van der Waals surface area contributed by atoms with Crippen LogP contribution in [0.2, 0.25) is 0 Å². The average Bonchev–Trinajstić information content (AvgIpc) is 2.79. The van der Waals surface area contributed by atoms with E-state index in [0.717, 1.165) is 4.47 Å². The summed E-state index contributed by atoms with van der Waals surface area (Å²) in [5, 5.41) is 7.00. The highest BCUT2D eigenvalue weighted by Crippen LogP contribution is 2.33. The first kappa shape index (κ1) is 12.4. The minimum absolute atomic E-state index is 0.597. The van der Waals surface area contributed by atoms with Gasteiger partial charge in [-0.3, -0.25) is 0 Å². The van der Waals surface area contributed by atoms with Gasteiger partial charge in [-0.15, -0.1) is 0 Å². The molecule has 1 heterocycles. The summed E-state index contributed by atoms with van der Waals surface area (Å²) in [5.41, 5.74) is 1.26. The van der Waals surface area contributed by atoms with E-state index >= 15 is 0 Å². The Labute approximate surface area is 120 Å². The Bertz CT molecular complexity index is 569. The maximum atomic E-state index is 3.72. The number of hydrogen-bond acceptors (Lipinski definition) is 2. The summed E-state index contributed by atoms with van der Waals surface area (Å²) in [4.78, 5) is 0. The Morgan fingerprint density at radius 2 is 1.94 bits per heavy atom. The van der Waals surface area contributed by atoms with Crippen LogP contribution >= 0.6 is 27.7 Å². The van der Waals surface area contributed by atoms with Crippen LogP contribution in [0.3, 0.4) is 0 Å². The number of halogens is 1. The number of nitrogens with one attached hydrogen (secondary N) is 1. The molecule has 0 aliphatic carbocycles. The van der Waals surface area contributed by atoms with Gasteiger partial charge in [0.1, 0.15) is 0 Å². The highest BCUT2D eigenvalue weighted by molar-refractivity contribution is 9.10. The van der Waals surface area contributed by atoms with E-state index in [1.54, 1.807) is 0 Å². The van der Waals surface area contributed by atoms with Crippen molar-refractivity contribution in [1.29, 1.82) is 0 Å². The Morgan fingerprint density at radius 1 is 1.17 bits per heavy atom. The van der Waals surface area contributed by atoms with Gasteiger partial charge >= 0.3 is 0 Å². The van der Waals surface area contributed by atoms with Crippen molar-refractivity contribution >= 4 is 44.2 Å². The Balaban J connectivity index is 1.99. The first-order chi connectivity index (χ1) is 8.75. The zero-order valence-electron chi connectivity index (χ0n) is 10.3. The summed E-state index contributed by atoms with van der Waals surface area (Å²) in [5.74, 6) is 1.27. The van der Waals surface area contributed by atoms with Crippen molar-refractivity contribution in [3.05, 3.63) is 40.9 Å². The minimum atomic E-state index is 0.597. The van der Waals surface area contributed by atoms with Crippen molar-refractivity contribution in [2.45, 2.75) is 24.6 Å². The van der Waals surface area contributed by atoms with Crippen LogP contribution in [0.15, 0.2) is 40.9 Å². The lowest BCUT2D eigenvalue weighted by atomic mass is 10.1. The molecule has 0 aromatic heterocycles. The summed E-state index contributed by atoms with van der Waals surface area (Å²) in [6.45, 7) is 2.32. The standard InChI is InChI=1S/C15H16BrNS/c1-10-14(8-9-18-10)17-15-7-6-13(16)11-4-2-3-5-12(11)15/h2-7,10,14,17H,8-9H2,1H3. The average molecular weight is 322 g/mol. The van der Waals surface area contributed by atoms with Gasteiger partial charge in [-0.05, 0) is 29.7 Å². The highest BCUT2D eigenvalue weighted by Gasteiger charge is 2.24. The van der Waals surface area contributed by atoms with Gasteiger partial charge in [0, 0.05) is 26.8 Å². The number of thioether (sulfide) groups is 1. The lowest BCUT2D eigenvalue weighted by Crippen LogP contribution is -2.24. The molecule has 2 unspecified atom stereocenters. The monoisotopic (exact) mass is 321 g/mol. The van der Waals surface area contributed by atoms with E-state index in [1.807, 2.05) is 0 Å². The van der Waals surface area contributed by atoms with Crippen LogP contribution in [-0.2, 0) is 0 Å². The quantitative estimate of drug-likeness (QED) is 0.843. The molecule has 1 fully saturated rings. The molecule has 3 rings (SSSR count). The summed E-state index contributed by atoms with van der Waals surface area (Å²) in [6.07, 6.45) is 1.26. The van der Waals surface area contributed by atoms with E-state index in [-0.39, 0.29) is 0 Å². The second-order valence-corrected chi connectivity index (χ2v) is 7.10. The molecular formula is C15H16BrNS. The van der Waals surface area contributed by atoms with Crippen LogP contribution in [0.5, 0.6) is 0 Å². The predicted molar refractivity (Wildman–Crippen MR) is 85.6 cm³/mol. The molecule has 1 N–H and O–H groups in total. The van der Waals surface area contributed by atoms with Crippen molar-refractivity contribution in [1.82, 2.24) is 0 Å². The normalized spacial score (nSPS) is 23.4. The van der Waals surface area contributed by atoms with E-state index < -0.39 is 0 Å². The molecule has 0 radical (unpaired) electrons. The number of anilines is 1. The van der Waals surface area contributed by atoms with Crippen molar-refractivity contribution in [2.24, 2.45) is 0 Å². The van der Waals surface area contributed by atoms with E-state index in [9.17, 15) is 0 Å². The van der Waals surface area contributed by atoms with Crippen molar-refractivity contribution in [3.63, 3.8) is 0 Å². The first-order valence-electron chi connectivity index (χ1n) is 6.31.